The molecule has 0 fully saturated rings. The molecule has 0 saturated heterocycles. The zero-order chi connectivity index (χ0) is 12.4. The van der Waals surface area contributed by atoms with Crippen molar-refractivity contribution in [2.45, 2.75) is 26.3 Å². The monoisotopic (exact) mass is 231 g/mol. The highest BCUT2D eigenvalue weighted by atomic mass is 16.5. The number of urea groups is 1. The maximum Gasteiger partial charge on any atom is 0.315 e. The molecule has 3 N–H and O–H groups in total. The number of rotatable bonds is 7. The fourth-order valence-electron chi connectivity index (χ4n) is 0.984. The van der Waals surface area contributed by atoms with E-state index < -0.39 is 0 Å². The van der Waals surface area contributed by atoms with Gasteiger partial charge in [-0.1, -0.05) is 0 Å². The van der Waals surface area contributed by atoms with Crippen LogP contribution in [-0.4, -0.2) is 44.8 Å². The molecule has 0 unspecified atom stereocenters. The third-order valence-electron chi connectivity index (χ3n) is 1.69. The van der Waals surface area contributed by atoms with Crippen molar-refractivity contribution in [1.82, 2.24) is 16.0 Å². The van der Waals surface area contributed by atoms with Crippen LogP contribution in [-0.2, 0) is 9.53 Å². The van der Waals surface area contributed by atoms with Crippen molar-refractivity contribution in [2.24, 2.45) is 0 Å². The minimum Gasteiger partial charge on any atom is -0.383 e. The molecule has 6 heteroatoms. The summed E-state index contributed by atoms with van der Waals surface area (Å²) in [6.45, 7) is 5.06. The number of hydrogen-bond donors (Lipinski definition) is 3. The Kier molecular flexibility index (Phi) is 8.24. The first kappa shape index (κ1) is 14.7. The van der Waals surface area contributed by atoms with Crippen LogP contribution in [0.15, 0.2) is 0 Å². The van der Waals surface area contributed by atoms with Gasteiger partial charge in [0.2, 0.25) is 5.91 Å². The van der Waals surface area contributed by atoms with E-state index in [-0.39, 0.29) is 24.4 Å². The van der Waals surface area contributed by atoms with E-state index in [9.17, 15) is 9.59 Å². The van der Waals surface area contributed by atoms with E-state index in [2.05, 4.69) is 16.0 Å². The molecule has 0 spiro atoms. The molecule has 0 aromatic heterocycles. The molecular formula is C10H21N3O3. The van der Waals surface area contributed by atoms with Crippen LogP contribution < -0.4 is 16.0 Å². The zero-order valence-electron chi connectivity index (χ0n) is 10.1. The Morgan fingerprint density at radius 3 is 2.44 bits per heavy atom. The average molecular weight is 231 g/mol. The van der Waals surface area contributed by atoms with Crippen molar-refractivity contribution >= 4 is 11.9 Å². The predicted octanol–water partition coefficient (Wildman–Crippen LogP) is -0.153. The van der Waals surface area contributed by atoms with E-state index in [0.717, 1.165) is 0 Å². The molecule has 0 atom stereocenters. The summed E-state index contributed by atoms with van der Waals surface area (Å²) in [6.07, 6.45) is 0.273. The smallest absolute Gasteiger partial charge is 0.315 e. The van der Waals surface area contributed by atoms with Crippen LogP contribution in [0.4, 0.5) is 4.79 Å². The number of hydrogen-bond acceptors (Lipinski definition) is 3. The number of carbonyl (C=O) groups excluding carboxylic acids is 2. The first-order valence-electron chi connectivity index (χ1n) is 5.36. The van der Waals surface area contributed by atoms with Crippen molar-refractivity contribution in [3.8, 4) is 0 Å². The van der Waals surface area contributed by atoms with Gasteiger partial charge in [0, 0.05) is 32.7 Å². The van der Waals surface area contributed by atoms with Gasteiger partial charge in [-0.15, -0.1) is 0 Å². The highest BCUT2D eigenvalue weighted by Crippen LogP contribution is 1.80. The van der Waals surface area contributed by atoms with Gasteiger partial charge in [0.05, 0.1) is 6.61 Å². The van der Waals surface area contributed by atoms with Gasteiger partial charge in [0.15, 0.2) is 0 Å². The lowest BCUT2D eigenvalue weighted by atomic mass is 10.4. The summed E-state index contributed by atoms with van der Waals surface area (Å²) in [4.78, 5) is 22.3. The van der Waals surface area contributed by atoms with Gasteiger partial charge in [-0.05, 0) is 13.8 Å². The van der Waals surface area contributed by atoms with E-state index in [1.54, 1.807) is 7.11 Å². The van der Waals surface area contributed by atoms with Gasteiger partial charge in [-0.3, -0.25) is 4.79 Å². The summed E-state index contributed by atoms with van der Waals surface area (Å²) >= 11 is 0. The SMILES string of the molecule is COCCNC(=O)CCNC(=O)NC(C)C. The lowest BCUT2D eigenvalue weighted by molar-refractivity contribution is -0.121. The first-order valence-corrected chi connectivity index (χ1v) is 5.36. The molecule has 0 bridgehead atoms. The van der Waals surface area contributed by atoms with Crippen LogP contribution in [0.5, 0.6) is 0 Å². The molecule has 94 valence electrons. The van der Waals surface area contributed by atoms with E-state index in [1.165, 1.54) is 0 Å². The van der Waals surface area contributed by atoms with Crippen LogP contribution >= 0.6 is 0 Å². The summed E-state index contributed by atoms with van der Waals surface area (Å²) in [7, 11) is 1.57. The van der Waals surface area contributed by atoms with E-state index >= 15 is 0 Å². The van der Waals surface area contributed by atoms with Gasteiger partial charge in [-0.2, -0.15) is 0 Å². The molecule has 0 aliphatic heterocycles. The van der Waals surface area contributed by atoms with Gasteiger partial charge >= 0.3 is 6.03 Å². The van der Waals surface area contributed by atoms with Crippen LogP contribution in [0.3, 0.4) is 0 Å². The molecule has 0 aromatic rings. The molecule has 0 saturated carbocycles. The molecule has 0 rings (SSSR count). The Bertz CT molecular complexity index is 219. The minimum absolute atomic E-state index is 0.0931. The second kappa shape index (κ2) is 8.96. The van der Waals surface area contributed by atoms with Crippen molar-refractivity contribution in [3.05, 3.63) is 0 Å². The third kappa shape index (κ3) is 9.26. The number of nitrogens with one attached hydrogen (secondary N) is 3. The Hall–Kier alpha value is -1.30. The standard InChI is InChI=1S/C10H21N3O3/c1-8(2)13-10(15)12-5-4-9(14)11-6-7-16-3/h8H,4-7H2,1-3H3,(H,11,14)(H2,12,13,15). The number of ether oxygens (including phenoxy) is 1. The van der Waals surface area contributed by atoms with Gasteiger partial charge in [0.1, 0.15) is 0 Å². The van der Waals surface area contributed by atoms with E-state index in [4.69, 9.17) is 4.74 Å². The summed E-state index contributed by atoms with van der Waals surface area (Å²) in [5.41, 5.74) is 0. The lowest BCUT2D eigenvalue weighted by Crippen LogP contribution is -2.41. The molecule has 0 aromatic carbocycles. The van der Waals surface area contributed by atoms with Crippen molar-refractivity contribution in [2.75, 3.05) is 26.8 Å². The Balaban J connectivity index is 3.43. The normalized spacial score (nSPS) is 10.0. The number of methoxy groups -OCH3 is 1. The lowest BCUT2D eigenvalue weighted by Gasteiger charge is -2.09. The molecule has 0 aliphatic rings. The molecular weight excluding hydrogens is 210 g/mol. The minimum atomic E-state index is -0.250. The zero-order valence-corrected chi connectivity index (χ0v) is 10.1. The van der Waals surface area contributed by atoms with Gasteiger partial charge in [-0.25, -0.2) is 4.79 Å². The maximum absolute atomic E-state index is 11.2. The quantitative estimate of drug-likeness (QED) is 0.533. The summed E-state index contributed by atoms with van der Waals surface area (Å²) < 4.78 is 4.78. The van der Waals surface area contributed by atoms with Gasteiger partial charge in [0.25, 0.3) is 0 Å². The third-order valence-corrected chi connectivity index (χ3v) is 1.69. The average Bonchev–Trinajstić information content (AvgIpc) is 2.17. The highest BCUT2D eigenvalue weighted by Gasteiger charge is 2.03. The Morgan fingerprint density at radius 1 is 1.19 bits per heavy atom. The second-order valence-corrected chi connectivity index (χ2v) is 3.65. The summed E-state index contributed by atoms with van der Waals surface area (Å²) in [5.74, 6) is -0.0955. The second-order valence-electron chi connectivity index (χ2n) is 3.65. The molecule has 0 aliphatic carbocycles. The fourth-order valence-corrected chi connectivity index (χ4v) is 0.984. The van der Waals surface area contributed by atoms with Crippen LogP contribution in [0.25, 0.3) is 0 Å². The van der Waals surface area contributed by atoms with Crippen molar-refractivity contribution in [1.29, 1.82) is 0 Å². The van der Waals surface area contributed by atoms with Crippen molar-refractivity contribution < 1.29 is 14.3 Å². The van der Waals surface area contributed by atoms with E-state index in [1.807, 2.05) is 13.8 Å². The van der Waals surface area contributed by atoms with Crippen LogP contribution in [0.1, 0.15) is 20.3 Å². The molecule has 0 heterocycles. The fraction of sp³-hybridized carbons (Fsp3) is 0.800. The largest absolute Gasteiger partial charge is 0.383 e. The molecule has 16 heavy (non-hydrogen) atoms. The first-order chi connectivity index (χ1) is 7.56. The van der Waals surface area contributed by atoms with Crippen LogP contribution in [0, 0.1) is 0 Å². The molecule has 3 amide bonds. The van der Waals surface area contributed by atoms with Gasteiger partial charge < -0.3 is 20.7 Å². The topological polar surface area (TPSA) is 79.5 Å². The Morgan fingerprint density at radius 2 is 1.88 bits per heavy atom. The van der Waals surface area contributed by atoms with E-state index in [0.29, 0.717) is 19.7 Å². The molecule has 6 nitrogen and oxygen atoms in total. The van der Waals surface area contributed by atoms with Crippen LogP contribution in [0.2, 0.25) is 0 Å². The highest BCUT2D eigenvalue weighted by molar-refractivity contribution is 5.78. The Labute approximate surface area is 96.1 Å². The number of carbonyl (C=O) groups is 2. The predicted molar refractivity (Wildman–Crippen MR) is 61.2 cm³/mol. The summed E-state index contributed by atoms with van der Waals surface area (Å²) in [5, 5.41) is 7.92. The van der Waals surface area contributed by atoms with Crippen molar-refractivity contribution in [3.63, 3.8) is 0 Å². The number of amides is 3. The summed E-state index contributed by atoms with van der Waals surface area (Å²) in [6, 6.07) is -0.157. The maximum atomic E-state index is 11.2. The molecule has 0 radical (unpaired) electrons.